The second kappa shape index (κ2) is 10.6. The molecule has 0 aliphatic carbocycles. The van der Waals surface area contributed by atoms with Crippen LogP contribution < -0.4 is 9.64 Å². The molecule has 0 heterocycles. The molecule has 0 N–H and O–H groups in total. The van der Waals surface area contributed by atoms with E-state index >= 15 is 0 Å². The number of hydrogen-bond donors (Lipinski definition) is 0. The Hall–Kier alpha value is -4.56. The quantitative estimate of drug-likeness (QED) is 0.228. The Morgan fingerprint density at radius 3 is 1.31 bits per heavy atom. The van der Waals surface area contributed by atoms with Gasteiger partial charge in [-0.2, -0.15) is 0 Å². The zero-order valence-corrected chi connectivity index (χ0v) is 19.7. The van der Waals surface area contributed by atoms with Gasteiger partial charge in [0.05, 0.1) is 7.11 Å². The van der Waals surface area contributed by atoms with E-state index in [2.05, 4.69) is 126 Å². The monoisotopic (exact) mass is 453 g/mol. The highest BCUT2D eigenvalue weighted by Crippen LogP contribution is 2.34. The minimum Gasteiger partial charge on any atom is -0.497 e. The van der Waals surface area contributed by atoms with Crippen molar-refractivity contribution in [3.63, 3.8) is 0 Å². The van der Waals surface area contributed by atoms with E-state index < -0.39 is 0 Å². The molecular weight excluding hydrogens is 426 g/mol. The minimum atomic E-state index is 0.870. The first-order valence-electron chi connectivity index (χ1n) is 11.7. The summed E-state index contributed by atoms with van der Waals surface area (Å²) in [7, 11) is 1.69. The lowest BCUT2D eigenvalue weighted by Gasteiger charge is -2.25. The van der Waals surface area contributed by atoms with Gasteiger partial charge in [-0.25, -0.2) is 0 Å². The first-order valence-corrected chi connectivity index (χ1v) is 11.7. The Bertz CT molecular complexity index is 1330. The third-order valence-electron chi connectivity index (χ3n) is 5.98. The molecule has 0 aliphatic rings. The fraction of sp³-hybridized carbons (Fsp3) is 0.0303. The summed E-state index contributed by atoms with van der Waals surface area (Å²) in [6.07, 6.45) is 4.31. The lowest BCUT2D eigenvalue weighted by Crippen LogP contribution is -2.09. The van der Waals surface area contributed by atoms with Gasteiger partial charge in [0.2, 0.25) is 0 Å². The summed E-state index contributed by atoms with van der Waals surface area (Å²) in [6, 6.07) is 46.3. The molecule has 0 aromatic heterocycles. The average molecular weight is 454 g/mol. The highest BCUT2D eigenvalue weighted by Gasteiger charge is 2.11. The maximum atomic E-state index is 5.25. The smallest absolute Gasteiger partial charge is 0.118 e. The van der Waals surface area contributed by atoms with Crippen molar-refractivity contribution in [2.75, 3.05) is 12.0 Å². The summed E-state index contributed by atoms with van der Waals surface area (Å²) >= 11 is 0. The lowest BCUT2D eigenvalue weighted by atomic mass is 10.0. The van der Waals surface area contributed by atoms with Crippen LogP contribution in [0.3, 0.4) is 0 Å². The van der Waals surface area contributed by atoms with Gasteiger partial charge in [-0.3, -0.25) is 0 Å². The number of anilines is 3. The molecule has 5 aromatic rings. The second-order valence-corrected chi connectivity index (χ2v) is 8.28. The van der Waals surface area contributed by atoms with Crippen LogP contribution in [0.2, 0.25) is 0 Å². The molecule has 170 valence electrons. The van der Waals surface area contributed by atoms with E-state index in [0.717, 1.165) is 28.4 Å². The molecular formula is C33H27NO. The van der Waals surface area contributed by atoms with Gasteiger partial charge in [0.1, 0.15) is 5.75 Å². The van der Waals surface area contributed by atoms with Crippen LogP contribution in [0, 0.1) is 0 Å². The fourth-order valence-electron chi connectivity index (χ4n) is 4.10. The maximum absolute atomic E-state index is 5.25. The van der Waals surface area contributed by atoms with Gasteiger partial charge in [-0.15, -0.1) is 0 Å². The zero-order valence-electron chi connectivity index (χ0n) is 19.7. The summed E-state index contributed by atoms with van der Waals surface area (Å²) < 4.78 is 5.25. The molecule has 5 rings (SSSR count). The topological polar surface area (TPSA) is 12.5 Å². The normalized spacial score (nSPS) is 10.9. The van der Waals surface area contributed by atoms with E-state index in [1.807, 2.05) is 24.3 Å². The van der Waals surface area contributed by atoms with Crippen LogP contribution >= 0.6 is 0 Å². The van der Waals surface area contributed by atoms with E-state index in [1.165, 1.54) is 16.7 Å². The van der Waals surface area contributed by atoms with Gasteiger partial charge < -0.3 is 9.64 Å². The standard InChI is InChI=1S/C33H27NO/c1-35-33-24-20-29(21-25-33)28-18-14-26(15-19-28)12-13-27-16-22-32(23-17-27)34(30-8-4-2-5-9-30)31-10-6-3-7-11-31/h2-25H,1H3/b13-12+. The van der Waals surface area contributed by atoms with Gasteiger partial charge in [0, 0.05) is 17.1 Å². The summed E-state index contributed by atoms with van der Waals surface area (Å²) in [5.74, 6) is 0.870. The fourth-order valence-corrected chi connectivity index (χ4v) is 4.10. The SMILES string of the molecule is COc1ccc(-c2ccc(/C=C/c3ccc(N(c4ccccc4)c4ccccc4)cc3)cc2)cc1. The molecule has 0 aliphatic heterocycles. The predicted octanol–water partition coefficient (Wildman–Crippen LogP) is 9.00. The van der Waals surface area contributed by atoms with E-state index in [9.17, 15) is 0 Å². The number of ether oxygens (including phenoxy) is 1. The zero-order chi connectivity index (χ0) is 23.9. The Kier molecular flexibility index (Phi) is 6.72. The highest BCUT2D eigenvalue weighted by atomic mass is 16.5. The largest absolute Gasteiger partial charge is 0.497 e. The molecule has 0 fully saturated rings. The van der Waals surface area contributed by atoms with Gasteiger partial charge in [0.15, 0.2) is 0 Å². The number of methoxy groups -OCH3 is 1. The molecule has 35 heavy (non-hydrogen) atoms. The molecule has 0 atom stereocenters. The number of para-hydroxylation sites is 2. The number of hydrogen-bond acceptors (Lipinski definition) is 2. The van der Waals surface area contributed by atoms with Crippen LogP contribution in [0.25, 0.3) is 23.3 Å². The second-order valence-electron chi connectivity index (χ2n) is 8.28. The first-order chi connectivity index (χ1) is 17.3. The Labute approximate surface area is 207 Å². The van der Waals surface area contributed by atoms with Crippen LogP contribution in [0.1, 0.15) is 11.1 Å². The predicted molar refractivity (Wildman–Crippen MR) is 148 cm³/mol. The van der Waals surface area contributed by atoms with Crippen LogP contribution in [0.5, 0.6) is 5.75 Å². The number of rotatable bonds is 7. The van der Waals surface area contributed by atoms with Crippen molar-refractivity contribution < 1.29 is 4.74 Å². The van der Waals surface area contributed by atoms with E-state index in [-0.39, 0.29) is 0 Å². The Morgan fingerprint density at radius 1 is 0.457 bits per heavy atom. The molecule has 0 bridgehead atoms. The average Bonchev–Trinajstić information content (AvgIpc) is 2.94. The van der Waals surface area contributed by atoms with Crippen molar-refractivity contribution in [2.45, 2.75) is 0 Å². The van der Waals surface area contributed by atoms with Crippen LogP contribution in [-0.4, -0.2) is 7.11 Å². The molecule has 2 nitrogen and oxygen atoms in total. The molecule has 5 aromatic carbocycles. The first kappa shape index (κ1) is 22.2. The third-order valence-corrected chi connectivity index (χ3v) is 5.98. The minimum absolute atomic E-state index is 0.870. The summed E-state index contributed by atoms with van der Waals surface area (Å²) in [6.45, 7) is 0. The van der Waals surface area contributed by atoms with Gasteiger partial charge in [-0.1, -0.05) is 97.1 Å². The summed E-state index contributed by atoms with van der Waals surface area (Å²) in [4.78, 5) is 2.27. The molecule has 0 saturated heterocycles. The number of benzene rings is 5. The highest BCUT2D eigenvalue weighted by molar-refractivity contribution is 5.78. The van der Waals surface area contributed by atoms with Crippen molar-refractivity contribution in [2.24, 2.45) is 0 Å². The maximum Gasteiger partial charge on any atom is 0.118 e. The molecule has 0 amide bonds. The van der Waals surface area contributed by atoms with Crippen LogP contribution in [-0.2, 0) is 0 Å². The van der Waals surface area contributed by atoms with Gasteiger partial charge in [-0.05, 0) is 70.8 Å². The molecule has 0 saturated carbocycles. The van der Waals surface area contributed by atoms with Crippen molar-refractivity contribution in [1.29, 1.82) is 0 Å². The molecule has 0 spiro atoms. The van der Waals surface area contributed by atoms with Gasteiger partial charge >= 0.3 is 0 Å². The summed E-state index contributed by atoms with van der Waals surface area (Å²) in [5.41, 5.74) is 8.10. The van der Waals surface area contributed by atoms with E-state index in [0.29, 0.717) is 0 Å². The van der Waals surface area contributed by atoms with Crippen molar-refractivity contribution in [1.82, 2.24) is 0 Å². The van der Waals surface area contributed by atoms with Crippen molar-refractivity contribution in [3.8, 4) is 16.9 Å². The molecule has 0 radical (unpaired) electrons. The van der Waals surface area contributed by atoms with E-state index in [1.54, 1.807) is 7.11 Å². The number of nitrogens with zero attached hydrogens (tertiary/aromatic N) is 1. The van der Waals surface area contributed by atoms with Crippen LogP contribution in [0.15, 0.2) is 133 Å². The molecule has 2 heteroatoms. The Balaban J connectivity index is 1.33. The van der Waals surface area contributed by atoms with Crippen LogP contribution in [0.4, 0.5) is 17.1 Å². The van der Waals surface area contributed by atoms with Gasteiger partial charge in [0.25, 0.3) is 0 Å². The van der Waals surface area contributed by atoms with Crippen molar-refractivity contribution >= 4 is 29.2 Å². The van der Waals surface area contributed by atoms with Crippen molar-refractivity contribution in [3.05, 3.63) is 145 Å². The Morgan fingerprint density at radius 2 is 0.857 bits per heavy atom. The molecule has 0 unspecified atom stereocenters. The summed E-state index contributed by atoms with van der Waals surface area (Å²) in [5, 5.41) is 0. The van der Waals surface area contributed by atoms with E-state index in [4.69, 9.17) is 4.74 Å². The lowest BCUT2D eigenvalue weighted by molar-refractivity contribution is 0.415. The third kappa shape index (κ3) is 5.34.